The van der Waals surface area contributed by atoms with Crippen molar-refractivity contribution < 1.29 is 4.74 Å². The Bertz CT molecular complexity index is 790. The third-order valence-electron chi connectivity index (χ3n) is 4.21. The van der Waals surface area contributed by atoms with Gasteiger partial charge in [-0.25, -0.2) is 0 Å². The van der Waals surface area contributed by atoms with E-state index in [0.29, 0.717) is 0 Å². The Balaban J connectivity index is 1.78. The van der Waals surface area contributed by atoms with Crippen molar-refractivity contribution >= 4 is 10.9 Å². The van der Waals surface area contributed by atoms with Crippen molar-refractivity contribution in [3.63, 3.8) is 0 Å². The van der Waals surface area contributed by atoms with E-state index in [9.17, 15) is 0 Å². The van der Waals surface area contributed by atoms with Gasteiger partial charge in [0.2, 0.25) is 0 Å². The summed E-state index contributed by atoms with van der Waals surface area (Å²) in [5, 5.41) is 4.73. The van der Waals surface area contributed by atoms with Crippen molar-refractivity contribution in [1.29, 1.82) is 0 Å². The largest absolute Gasteiger partial charge is 0.457 e. The minimum atomic E-state index is 0.875. The molecule has 1 aliphatic heterocycles. The summed E-state index contributed by atoms with van der Waals surface area (Å²) in [6.07, 6.45) is 1.09. The molecule has 21 heavy (non-hydrogen) atoms. The van der Waals surface area contributed by atoms with Crippen LogP contribution in [-0.2, 0) is 13.1 Å². The first kappa shape index (κ1) is 12.5. The van der Waals surface area contributed by atoms with E-state index in [4.69, 9.17) is 4.74 Å². The first-order chi connectivity index (χ1) is 10.3. The van der Waals surface area contributed by atoms with E-state index >= 15 is 0 Å². The zero-order valence-electron chi connectivity index (χ0n) is 12.1. The van der Waals surface area contributed by atoms with Gasteiger partial charge in [0.25, 0.3) is 0 Å². The zero-order chi connectivity index (χ0) is 14.2. The number of hydrogen-bond donors (Lipinski definition) is 1. The molecule has 0 aliphatic carbocycles. The summed E-state index contributed by atoms with van der Waals surface area (Å²) in [6.45, 7) is 4.18. The Labute approximate surface area is 124 Å². The van der Waals surface area contributed by atoms with E-state index in [0.717, 1.165) is 31.1 Å². The maximum atomic E-state index is 5.95. The molecule has 0 bridgehead atoms. The van der Waals surface area contributed by atoms with Gasteiger partial charge in [-0.05, 0) is 42.8 Å². The Morgan fingerprint density at radius 2 is 1.90 bits per heavy atom. The lowest BCUT2D eigenvalue weighted by Crippen LogP contribution is -2.28. The van der Waals surface area contributed by atoms with Crippen LogP contribution < -0.4 is 10.1 Å². The fraction of sp³-hybridized carbons (Fsp3) is 0.222. The fourth-order valence-electron chi connectivity index (χ4n) is 3.14. The van der Waals surface area contributed by atoms with Gasteiger partial charge in [0, 0.05) is 29.6 Å². The van der Waals surface area contributed by atoms with Gasteiger partial charge >= 0.3 is 0 Å². The molecule has 0 saturated heterocycles. The van der Waals surface area contributed by atoms with Gasteiger partial charge in [0.05, 0.1) is 6.67 Å². The van der Waals surface area contributed by atoms with Gasteiger partial charge < -0.3 is 9.30 Å². The minimum Gasteiger partial charge on any atom is -0.457 e. The van der Waals surface area contributed by atoms with Crippen molar-refractivity contribution in [1.82, 2.24) is 9.88 Å². The number of aromatic nitrogens is 1. The molecular formula is C18H18N2O. The van der Waals surface area contributed by atoms with Gasteiger partial charge in [0.1, 0.15) is 11.5 Å². The average Bonchev–Trinajstić information content (AvgIpc) is 2.82. The number of benzene rings is 2. The third kappa shape index (κ3) is 2.10. The predicted octanol–water partition coefficient (Wildman–Crippen LogP) is 3.85. The predicted molar refractivity (Wildman–Crippen MR) is 84.9 cm³/mol. The van der Waals surface area contributed by atoms with E-state index in [1.165, 1.54) is 22.2 Å². The molecule has 1 aromatic heterocycles. The summed E-state index contributed by atoms with van der Waals surface area (Å²) in [6, 6.07) is 16.3. The second-order valence-corrected chi connectivity index (χ2v) is 5.50. The number of aryl methyl sites for hydroxylation is 1. The van der Waals surface area contributed by atoms with E-state index in [1.54, 1.807) is 0 Å². The van der Waals surface area contributed by atoms with Crippen molar-refractivity contribution in [3.8, 4) is 11.5 Å². The Hall–Kier alpha value is -2.26. The van der Waals surface area contributed by atoms with Crippen molar-refractivity contribution in [2.75, 3.05) is 6.54 Å². The SMILES string of the molecule is Cc1c2n(c3ccc(Oc4ccccc4)cc13)CNCC2. The summed E-state index contributed by atoms with van der Waals surface area (Å²) in [7, 11) is 0. The van der Waals surface area contributed by atoms with Crippen LogP contribution in [-0.4, -0.2) is 11.1 Å². The van der Waals surface area contributed by atoms with Crippen LogP contribution >= 0.6 is 0 Å². The quantitative estimate of drug-likeness (QED) is 0.770. The molecule has 1 aliphatic rings. The number of nitrogens with one attached hydrogen (secondary N) is 1. The molecule has 2 aromatic carbocycles. The van der Waals surface area contributed by atoms with Crippen LogP contribution in [0.4, 0.5) is 0 Å². The molecule has 0 unspecified atom stereocenters. The number of nitrogens with zero attached hydrogens (tertiary/aromatic N) is 1. The van der Waals surface area contributed by atoms with Crippen molar-refractivity contribution in [2.24, 2.45) is 0 Å². The topological polar surface area (TPSA) is 26.2 Å². The summed E-state index contributed by atoms with van der Waals surface area (Å²) < 4.78 is 8.32. The molecular weight excluding hydrogens is 260 g/mol. The summed E-state index contributed by atoms with van der Waals surface area (Å²) >= 11 is 0. The van der Waals surface area contributed by atoms with E-state index in [2.05, 4.69) is 35.0 Å². The zero-order valence-corrected chi connectivity index (χ0v) is 12.1. The van der Waals surface area contributed by atoms with Crippen LogP contribution in [0.25, 0.3) is 10.9 Å². The Morgan fingerprint density at radius 3 is 2.76 bits per heavy atom. The number of rotatable bonds is 2. The smallest absolute Gasteiger partial charge is 0.128 e. The summed E-state index contributed by atoms with van der Waals surface area (Å²) in [5.74, 6) is 1.77. The van der Waals surface area contributed by atoms with E-state index in [-0.39, 0.29) is 0 Å². The van der Waals surface area contributed by atoms with Crippen LogP contribution in [0.2, 0.25) is 0 Å². The minimum absolute atomic E-state index is 0.875. The lowest BCUT2D eigenvalue weighted by Gasteiger charge is -2.18. The first-order valence-corrected chi connectivity index (χ1v) is 7.38. The first-order valence-electron chi connectivity index (χ1n) is 7.38. The maximum absolute atomic E-state index is 5.95. The summed E-state index contributed by atoms with van der Waals surface area (Å²) in [4.78, 5) is 0. The highest BCUT2D eigenvalue weighted by molar-refractivity contribution is 5.87. The number of hydrogen-bond acceptors (Lipinski definition) is 2. The molecule has 3 heteroatoms. The standard InChI is InChI=1S/C18H18N2O/c1-13-16-11-15(21-14-5-3-2-4-6-14)7-8-18(16)20-12-19-10-9-17(13)20/h2-8,11,19H,9-10,12H2,1H3. The average molecular weight is 278 g/mol. The van der Waals surface area contributed by atoms with E-state index < -0.39 is 0 Å². The van der Waals surface area contributed by atoms with Crippen LogP contribution in [0.3, 0.4) is 0 Å². The van der Waals surface area contributed by atoms with Crippen molar-refractivity contribution in [3.05, 3.63) is 59.8 Å². The van der Waals surface area contributed by atoms with Gasteiger partial charge in [-0.15, -0.1) is 0 Å². The second kappa shape index (κ2) is 4.93. The van der Waals surface area contributed by atoms with Gasteiger partial charge in [-0.1, -0.05) is 18.2 Å². The Morgan fingerprint density at radius 1 is 1.05 bits per heavy atom. The molecule has 0 atom stereocenters. The van der Waals surface area contributed by atoms with Crippen LogP contribution in [0, 0.1) is 6.92 Å². The monoisotopic (exact) mass is 278 g/mol. The number of fused-ring (bicyclic) bond motifs is 3. The number of para-hydroxylation sites is 1. The molecule has 0 saturated carbocycles. The lowest BCUT2D eigenvalue weighted by molar-refractivity contribution is 0.483. The number of ether oxygens (including phenoxy) is 1. The highest BCUT2D eigenvalue weighted by Gasteiger charge is 2.17. The molecule has 3 nitrogen and oxygen atoms in total. The van der Waals surface area contributed by atoms with Gasteiger partial charge in [-0.2, -0.15) is 0 Å². The van der Waals surface area contributed by atoms with Gasteiger partial charge in [-0.3, -0.25) is 5.32 Å². The highest BCUT2D eigenvalue weighted by Crippen LogP contribution is 2.31. The highest BCUT2D eigenvalue weighted by atomic mass is 16.5. The maximum Gasteiger partial charge on any atom is 0.128 e. The fourth-order valence-corrected chi connectivity index (χ4v) is 3.14. The molecule has 0 spiro atoms. The van der Waals surface area contributed by atoms with E-state index in [1.807, 2.05) is 30.3 Å². The van der Waals surface area contributed by atoms with Crippen LogP contribution in [0.15, 0.2) is 48.5 Å². The molecule has 3 aromatic rings. The van der Waals surface area contributed by atoms with Crippen LogP contribution in [0.1, 0.15) is 11.3 Å². The molecule has 2 heterocycles. The van der Waals surface area contributed by atoms with Crippen LogP contribution in [0.5, 0.6) is 11.5 Å². The third-order valence-corrected chi connectivity index (χ3v) is 4.21. The summed E-state index contributed by atoms with van der Waals surface area (Å²) in [5.41, 5.74) is 4.11. The molecule has 0 amide bonds. The second-order valence-electron chi connectivity index (χ2n) is 5.50. The van der Waals surface area contributed by atoms with Crippen molar-refractivity contribution in [2.45, 2.75) is 20.0 Å². The molecule has 0 fully saturated rings. The molecule has 1 N–H and O–H groups in total. The normalized spacial score (nSPS) is 14.1. The lowest BCUT2D eigenvalue weighted by atomic mass is 10.1. The molecule has 106 valence electrons. The Kier molecular flexibility index (Phi) is 2.93. The molecule has 0 radical (unpaired) electrons. The molecule has 4 rings (SSSR count). The van der Waals surface area contributed by atoms with Gasteiger partial charge in [0.15, 0.2) is 0 Å².